The topological polar surface area (TPSA) is 77.0 Å². The van der Waals surface area contributed by atoms with Crippen molar-refractivity contribution in [3.8, 4) is 0 Å². The summed E-state index contributed by atoms with van der Waals surface area (Å²) in [5.74, 6) is 0.152. The minimum absolute atomic E-state index is 0.0436. The second-order valence-corrected chi connectivity index (χ2v) is 5.60. The molecule has 0 saturated heterocycles. The summed E-state index contributed by atoms with van der Waals surface area (Å²) in [6.07, 6.45) is 4.78. The standard InChI is InChI=1S/C13H25N5O/c1-4-7-17(11-13(2,3)10-14)12(19)5-8-18-9-6-15-16-18/h6,9H,4-5,7-8,10-11,14H2,1-3H3. The number of hydrogen-bond donors (Lipinski definition) is 1. The summed E-state index contributed by atoms with van der Waals surface area (Å²) in [5.41, 5.74) is 5.70. The van der Waals surface area contributed by atoms with Crippen molar-refractivity contribution in [2.24, 2.45) is 11.1 Å². The molecule has 0 aromatic carbocycles. The molecule has 0 aliphatic rings. The van der Waals surface area contributed by atoms with Crippen LogP contribution in [0.4, 0.5) is 0 Å². The number of carbonyl (C=O) groups excluding carboxylic acids is 1. The molecule has 6 heteroatoms. The van der Waals surface area contributed by atoms with Crippen molar-refractivity contribution >= 4 is 5.91 Å². The van der Waals surface area contributed by atoms with Crippen molar-refractivity contribution in [1.29, 1.82) is 0 Å². The number of nitrogens with two attached hydrogens (primary N) is 1. The first-order valence-corrected chi connectivity index (χ1v) is 6.80. The third kappa shape index (κ3) is 5.38. The van der Waals surface area contributed by atoms with Crippen molar-refractivity contribution in [3.05, 3.63) is 12.4 Å². The van der Waals surface area contributed by atoms with E-state index in [1.165, 1.54) is 0 Å². The van der Waals surface area contributed by atoms with E-state index in [0.717, 1.165) is 13.0 Å². The van der Waals surface area contributed by atoms with Gasteiger partial charge < -0.3 is 10.6 Å². The smallest absolute Gasteiger partial charge is 0.224 e. The number of aromatic nitrogens is 3. The molecule has 0 atom stereocenters. The van der Waals surface area contributed by atoms with Gasteiger partial charge in [-0.15, -0.1) is 5.10 Å². The first-order valence-electron chi connectivity index (χ1n) is 6.80. The van der Waals surface area contributed by atoms with Crippen LogP contribution in [0, 0.1) is 5.41 Å². The lowest BCUT2D eigenvalue weighted by Gasteiger charge is -2.31. The highest BCUT2D eigenvalue weighted by atomic mass is 16.2. The van der Waals surface area contributed by atoms with E-state index in [4.69, 9.17) is 5.73 Å². The van der Waals surface area contributed by atoms with Crippen LogP contribution in [0.2, 0.25) is 0 Å². The molecule has 0 bridgehead atoms. The molecule has 1 rings (SSSR count). The van der Waals surface area contributed by atoms with Crippen molar-refractivity contribution in [1.82, 2.24) is 19.9 Å². The number of hydrogen-bond acceptors (Lipinski definition) is 4. The van der Waals surface area contributed by atoms with Gasteiger partial charge in [-0.05, 0) is 18.4 Å². The maximum absolute atomic E-state index is 12.2. The Morgan fingerprint density at radius 2 is 2.21 bits per heavy atom. The van der Waals surface area contributed by atoms with Crippen LogP contribution in [0.1, 0.15) is 33.6 Å². The molecule has 19 heavy (non-hydrogen) atoms. The van der Waals surface area contributed by atoms with Crippen LogP contribution in [-0.4, -0.2) is 45.4 Å². The number of nitrogens with zero attached hydrogens (tertiary/aromatic N) is 4. The van der Waals surface area contributed by atoms with Crippen LogP contribution in [0.25, 0.3) is 0 Å². The largest absolute Gasteiger partial charge is 0.342 e. The van der Waals surface area contributed by atoms with Gasteiger partial charge in [-0.1, -0.05) is 26.0 Å². The zero-order valence-corrected chi connectivity index (χ0v) is 12.2. The number of amides is 1. The Hall–Kier alpha value is -1.43. The quantitative estimate of drug-likeness (QED) is 0.759. The van der Waals surface area contributed by atoms with Gasteiger partial charge in [0.1, 0.15) is 0 Å². The summed E-state index contributed by atoms with van der Waals surface area (Å²) in [6, 6.07) is 0. The van der Waals surface area contributed by atoms with Gasteiger partial charge in [0.25, 0.3) is 0 Å². The molecule has 0 saturated carbocycles. The van der Waals surface area contributed by atoms with Gasteiger partial charge >= 0.3 is 0 Å². The van der Waals surface area contributed by atoms with Crippen molar-refractivity contribution < 1.29 is 4.79 Å². The third-order valence-electron chi connectivity index (χ3n) is 3.04. The summed E-state index contributed by atoms with van der Waals surface area (Å²) in [6.45, 7) is 8.87. The van der Waals surface area contributed by atoms with E-state index in [1.807, 2.05) is 4.90 Å². The molecule has 1 amide bonds. The van der Waals surface area contributed by atoms with E-state index in [1.54, 1.807) is 17.1 Å². The minimum atomic E-state index is -0.0436. The van der Waals surface area contributed by atoms with Crippen LogP contribution < -0.4 is 5.73 Å². The lowest BCUT2D eigenvalue weighted by Crippen LogP contribution is -2.42. The molecule has 0 aliphatic carbocycles. The highest BCUT2D eigenvalue weighted by molar-refractivity contribution is 5.76. The van der Waals surface area contributed by atoms with E-state index in [-0.39, 0.29) is 11.3 Å². The van der Waals surface area contributed by atoms with Gasteiger partial charge in [0.05, 0.1) is 12.7 Å². The van der Waals surface area contributed by atoms with Gasteiger partial charge in [0, 0.05) is 25.7 Å². The molecule has 0 radical (unpaired) electrons. The SMILES string of the molecule is CCCN(CC(C)(C)CN)C(=O)CCn1ccnn1. The number of aryl methyl sites for hydroxylation is 1. The second kappa shape index (κ2) is 7.23. The fraction of sp³-hybridized carbons (Fsp3) is 0.769. The van der Waals surface area contributed by atoms with Gasteiger partial charge in [-0.2, -0.15) is 0 Å². The third-order valence-corrected chi connectivity index (χ3v) is 3.04. The summed E-state index contributed by atoms with van der Waals surface area (Å²) in [5, 5.41) is 7.59. The predicted molar refractivity (Wildman–Crippen MR) is 74.3 cm³/mol. The van der Waals surface area contributed by atoms with E-state index in [0.29, 0.717) is 26.1 Å². The number of carbonyl (C=O) groups is 1. The molecule has 0 spiro atoms. The van der Waals surface area contributed by atoms with Crippen molar-refractivity contribution in [2.75, 3.05) is 19.6 Å². The van der Waals surface area contributed by atoms with Crippen molar-refractivity contribution in [3.63, 3.8) is 0 Å². The Bertz CT molecular complexity index is 374. The average molecular weight is 267 g/mol. The summed E-state index contributed by atoms with van der Waals surface area (Å²) in [4.78, 5) is 14.2. The molecule has 1 aromatic heterocycles. The van der Waals surface area contributed by atoms with E-state index < -0.39 is 0 Å². The zero-order chi connectivity index (χ0) is 14.3. The number of rotatable bonds is 8. The van der Waals surface area contributed by atoms with Gasteiger partial charge in [0.15, 0.2) is 0 Å². The molecular weight excluding hydrogens is 242 g/mol. The molecule has 0 aliphatic heterocycles. The summed E-state index contributed by atoms with van der Waals surface area (Å²) in [7, 11) is 0. The fourth-order valence-electron chi connectivity index (χ4n) is 1.86. The fourth-order valence-corrected chi connectivity index (χ4v) is 1.86. The molecule has 1 heterocycles. The average Bonchev–Trinajstić information content (AvgIpc) is 2.88. The van der Waals surface area contributed by atoms with Crippen LogP contribution in [0.3, 0.4) is 0 Å². The van der Waals surface area contributed by atoms with Crippen LogP contribution in [0.5, 0.6) is 0 Å². The lowest BCUT2D eigenvalue weighted by atomic mass is 9.93. The van der Waals surface area contributed by atoms with E-state index in [9.17, 15) is 4.79 Å². The monoisotopic (exact) mass is 267 g/mol. The molecule has 1 aromatic rings. The second-order valence-electron chi connectivity index (χ2n) is 5.60. The Morgan fingerprint density at radius 3 is 2.74 bits per heavy atom. The maximum atomic E-state index is 12.2. The Balaban J connectivity index is 2.52. The highest BCUT2D eigenvalue weighted by Gasteiger charge is 2.23. The van der Waals surface area contributed by atoms with Gasteiger partial charge in [0.2, 0.25) is 5.91 Å². The molecule has 108 valence electrons. The Kier molecular flexibility index (Phi) is 5.95. The first kappa shape index (κ1) is 15.6. The summed E-state index contributed by atoms with van der Waals surface area (Å²) >= 11 is 0. The van der Waals surface area contributed by atoms with E-state index >= 15 is 0 Å². The summed E-state index contributed by atoms with van der Waals surface area (Å²) < 4.78 is 1.68. The van der Waals surface area contributed by atoms with Gasteiger partial charge in [-0.25, -0.2) is 0 Å². The predicted octanol–water partition coefficient (Wildman–Crippen LogP) is 0.892. The van der Waals surface area contributed by atoms with Crippen LogP contribution in [-0.2, 0) is 11.3 Å². The van der Waals surface area contributed by atoms with Crippen LogP contribution in [0.15, 0.2) is 12.4 Å². The molecule has 0 unspecified atom stereocenters. The van der Waals surface area contributed by atoms with Crippen LogP contribution >= 0.6 is 0 Å². The highest BCUT2D eigenvalue weighted by Crippen LogP contribution is 2.16. The van der Waals surface area contributed by atoms with Gasteiger partial charge in [-0.3, -0.25) is 9.48 Å². The van der Waals surface area contributed by atoms with Crippen molar-refractivity contribution in [2.45, 2.75) is 40.2 Å². The zero-order valence-electron chi connectivity index (χ0n) is 12.2. The Morgan fingerprint density at radius 1 is 1.47 bits per heavy atom. The maximum Gasteiger partial charge on any atom is 0.224 e. The minimum Gasteiger partial charge on any atom is -0.342 e. The normalized spacial score (nSPS) is 11.6. The Labute approximate surface area is 115 Å². The molecule has 2 N–H and O–H groups in total. The molecular formula is C13H25N5O. The van der Waals surface area contributed by atoms with E-state index in [2.05, 4.69) is 31.1 Å². The first-order chi connectivity index (χ1) is 8.98. The molecule has 0 fully saturated rings. The lowest BCUT2D eigenvalue weighted by molar-refractivity contribution is -0.132. The molecule has 6 nitrogen and oxygen atoms in total.